The Hall–Kier alpha value is -3.63. The number of benzene rings is 1. The summed E-state index contributed by atoms with van der Waals surface area (Å²) in [5.41, 5.74) is 9.24. The summed E-state index contributed by atoms with van der Waals surface area (Å²) in [7, 11) is 4.64. The molecule has 0 radical (unpaired) electrons. The molecule has 1 aromatic carbocycles. The highest BCUT2D eigenvalue weighted by Gasteiger charge is 2.15. The second-order valence-electron chi connectivity index (χ2n) is 5.11. The lowest BCUT2D eigenvalue weighted by molar-refractivity contribution is 0.324. The van der Waals surface area contributed by atoms with Crippen molar-refractivity contribution >= 4 is 18.0 Å². The first kappa shape index (κ1) is 17.2. The molecule has 3 N–H and O–H groups in total. The van der Waals surface area contributed by atoms with Crippen LogP contribution < -0.4 is 25.4 Å². The first-order valence-electron chi connectivity index (χ1n) is 7.54. The summed E-state index contributed by atoms with van der Waals surface area (Å²) >= 11 is 0. The van der Waals surface area contributed by atoms with Gasteiger partial charge in [-0.05, 0) is 12.1 Å². The Labute approximate surface area is 149 Å². The average Bonchev–Trinajstić information content (AvgIpc) is 3.05. The number of hydrogen-bond acceptors (Lipinski definition) is 10. The van der Waals surface area contributed by atoms with Gasteiger partial charge in [0.1, 0.15) is 18.0 Å². The fourth-order valence-electron chi connectivity index (χ4n) is 2.32. The van der Waals surface area contributed by atoms with Gasteiger partial charge in [0.25, 0.3) is 5.96 Å². The topological polar surface area (TPSA) is 134 Å². The molecular weight excluding hydrogens is 340 g/mol. The standard InChI is InChI=1S/C15H18N8O3/c1-24-10-4-9(5-11(25-2)14(10)26-3)7-18-21-15-22-20-12(16)6-13-17-8-19-23(13)15/h4-5,7-8H,6H2,1-3H3,(H2,16,20)(H,21,22)/b18-7+. The number of amidine groups is 1. The van der Waals surface area contributed by atoms with Crippen molar-refractivity contribution in [1.29, 1.82) is 0 Å². The number of hydrazone groups is 1. The van der Waals surface area contributed by atoms with Crippen molar-refractivity contribution in [1.82, 2.24) is 20.2 Å². The average molecular weight is 358 g/mol. The lowest BCUT2D eigenvalue weighted by Gasteiger charge is -2.12. The van der Waals surface area contributed by atoms with E-state index in [-0.39, 0.29) is 5.96 Å². The number of nitrogens with zero attached hydrogens (tertiary/aromatic N) is 6. The molecule has 11 heteroatoms. The number of ether oxygens (including phenoxy) is 3. The lowest BCUT2D eigenvalue weighted by Crippen LogP contribution is -2.28. The van der Waals surface area contributed by atoms with Crippen LogP contribution in [0.1, 0.15) is 11.4 Å². The second-order valence-corrected chi connectivity index (χ2v) is 5.11. The van der Waals surface area contributed by atoms with Gasteiger partial charge in [-0.1, -0.05) is 0 Å². The molecule has 3 rings (SSSR count). The number of hydrogen-bond donors (Lipinski definition) is 2. The van der Waals surface area contributed by atoms with Crippen LogP contribution in [0.4, 0.5) is 0 Å². The van der Waals surface area contributed by atoms with Gasteiger partial charge in [-0.25, -0.2) is 10.4 Å². The molecule has 0 aliphatic carbocycles. The Morgan fingerprint density at radius 1 is 1.15 bits per heavy atom. The first-order valence-corrected chi connectivity index (χ1v) is 7.54. The van der Waals surface area contributed by atoms with Crippen molar-refractivity contribution in [2.45, 2.75) is 6.42 Å². The van der Waals surface area contributed by atoms with Crippen molar-refractivity contribution in [3.8, 4) is 17.2 Å². The summed E-state index contributed by atoms with van der Waals surface area (Å²) in [5.74, 6) is 2.78. The smallest absolute Gasteiger partial charge is 0.266 e. The molecule has 0 atom stereocenters. The number of rotatable bonds is 5. The highest BCUT2D eigenvalue weighted by atomic mass is 16.5. The van der Waals surface area contributed by atoms with Gasteiger partial charge in [-0.15, -0.1) is 10.2 Å². The van der Waals surface area contributed by atoms with E-state index in [1.807, 2.05) is 0 Å². The van der Waals surface area contributed by atoms with Crippen LogP contribution >= 0.6 is 0 Å². The van der Waals surface area contributed by atoms with Gasteiger partial charge in [-0.2, -0.15) is 14.9 Å². The van der Waals surface area contributed by atoms with Crippen LogP contribution in [0, 0.1) is 0 Å². The molecule has 0 amide bonds. The van der Waals surface area contributed by atoms with Crippen LogP contribution in [0.3, 0.4) is 0 Å². The summed E-state index contributed by atoms with van der Waals surface area (Å²) in [6.45, 7) is 0. The Bertz CT molecular complexity index is 862. The molecule has 2 aromatic rings. The van der Waals surface area contributed by atoms with E-state index in [2.05, 4.69) is 30.8 Å². The SMILES string of the molecule is COc1cc(/C=N/NC2=NN=C(N)Cc3ncnn32)cc(OC)c1OC. The van der Waals surface area contributed by atoms with Gasteiger partial charge in [0.05, 0.1) is 34.0 Å². The van der Waals surface area contributed by atoms with Crippen LogP contribution in [0.25, 0.3) is 0 Å². The van der Waals surface area contributed by atoms with Crippen molar-refractivity contribution in [2.75, 3.05) is 21.3 Å². The van der Waals surface area contributed by atoms with Gasteiger partial charge in [0.2, 0.25) is 5.75 Å². The van der Waals surface area contributed by atoms with Gasteiger partial charge in [-0.3, -0.25) is 0 Å². The van der Waals surface area contributed by atoms with E-state index < -0.39 is 0 Å². The molecule has 0 bridgehead atoms. The molecule has 1 aliphatic rings. The largest absolute Gasteiger partial charge is 0.493 e. The molecule has 1 aliphatic heterocycles. The van der Waals surface area contributed by atoms with Crippen molar-refractivity contribution in [3.05, 3.63) is 29.8 Å². The third kappa shape index (κ3) is 3.41. The molecule has 26 heavy (non-hydrogen) atoms. The molecule has 0 saturated carbocycles. The fourth-order valence-corrected chi connectivity index (χ4v) is 2.32. The summed E-state index contributed by atoms with van der Waals surface area (Å²) in [5, 5.41) is 16.1. The third-order valence-electron chi connectivity index (χ3n) is 3.50. The molecule has 0 unspecified atom stereocenters. The van der Waals surface area contributed by atoms with E-state index in [1.165, 1.54) is 11.0 Å². The van der Waals surface area contributed by atoms with Crippen LogP contribution in [0.2, 0.25) is 0 Å². The predicted molar refractivity (Wildman–Crippen MR) is 95.0 cm³/mol. The van der Waals surface area contributed by atoms with Crippen molar-refractivity contribution in [3.63, 3.8) is 0 Å². The summed E-state index contributed by atoms with van der Waals surface area (Å²) < 4.78 is 17.4. The molecule has 0 fully saturated rings. The lowest BCUT2D eigenvalue weighted by atomic mass is 10.2. The zero-order valence-corrected chi connectivity index (χ0v) is 14.5. The molecule has 2 heterocycles. The molecular formula is C15H18N8O3. The molecule has 1 aromatic heterocycles. The van der Waals surface area contributed by atoms with E-state index in [0.29, 0.717) is 35.3 Å². The van der Waals surface area contributed by atoms with Crippen molar-refractivity contribution in [2.24, 2.45) is 21.0 Å². The van der Waals surface area contributed by atoms with Gasteiger partial charge >= 0.3 is 0 Å². The number of nitrogens with one attached hydrogen (secondary N) is 1. The normalized spacial score (nSPS) is 13.5. The maximum Gasteiger partial charge on any atom is 0.266 e. The van der Waals surface area contributed by atoms with Gasteiger partial charge in [0, 0.05) is 5.56 Å². The van der Waals surface area contributed by atoms with Gasteiger partial charge < -0.3 is 19.9 Å². The minimum Gasteiger partial charge on any atom is -0.493 e. The zero-order valence-electron chi connectivity index (χ0n) is 14.5. The summed E-state index contributed by atoms with van der Waals surface area (Å²) in [6.07, 6.45) is 3.33. The third-order valence-corrected chi connectivity index (χ3v) is 3.50. The fraction of sp³-hybridized carbons (Fsp3) is 0.267. The summed E-state index contributed by atoms with van der Waals surface area (Å²) in [6, 6.07) is 3.52. The number of aromatic nitrogens is 3. The highest BCUT2D eigenvalue weighted by molar-refractivity contribution is 5.89. The van der Waals surface area contributed by atoms with E-state index in [4.69, 9.17) is 19.9 Å². The maximum absolute atomic E-state index is 5.74. The number of nitrogens with two attached hydrogens (primary N) is 1. The van der Waals surface area contributed by atoms with E-state index in [0.717, 1.165) is 5.56 Å². The van der Waals surface area contributed by atoms with E-state index >= 15 is 0 Å². The second kappa shape index (κ2) is 7.51. The Kier molecular flexibility index (Phi) is 4.97. The Balaban J connectivity index is 1.83. The quantitative estimate of drug-likeness (QED) is 0.566. The molecule has 11 nitrogen and oxygen atoms in total. The number of methoxy groups -OCH3 is 3. The summed E-state index contributed by atoms with van der Waals surface area (Å²) in [4.78, 5) is 4.12. The monoisotopic (exact) mass is 358 g/mol. The van der Waals surface area contributed by atoms with Crippen molar-refractivity contribution < 1.29 is 14.2 Å². The molecule has 0 spiro atoms. The van der Waals surface area contributed by atoms with E-state index in [1.54, 1.807) is 39.7 Å². The highest BCUT2D eigenvalue weighted by Crippen LogP contribution is 2.37. The first-order chi connectivity index (χ1) is 12.7. The number of fused-ring (bicyclic) bond motifs is 1. The Morgan fingerprint density at radius 2 is 1.88 bits per heavy atom. The van der Waals surface area contributed by atoms with Crippen LogP contribution in [-0.2, 0) is 6.42 Å². The van der Waals surface area contributed by atoms with Crippen LogP contribution in [0.5, 0.6) is 17.2 Å². The van der Waals surface area contributed by atoms with Gasteiger partial charge in [0.15, 0.2) is 11.5 Å². The zero-order chi connectivity index (χ0) is 18.5. The minimum atomic E-state index is 0.279. The molecule has 136 valence electrons. The Morgan fingerprint density at radius 3 is 2.54 bits per heavy atom. The van der Waals surface area contributed by atoms with E-state index in [9.17, 15) is 0 Å². The maximum atomic E-state index is 5.74. The molecule has 0 saturated heterocycles. The minimum absolute atomic E-state index is 0.279. The van der Waals surface area contributed by atoms with Crippen LogP contribution in [-0.4, -0.2) is 54.1 Å². The van der Waals surface area contributed by atoms with Crippen LogP contribution in [0.15, 0.2) is 33.8 Å². The predicted octanol–water partition coefficient (Wildman–Crippen LogP) is -0.0400.